The van der Waals surface area contributed by atoms with Crippen LogP contribution in [0.1, 0.15) is 26.3 Å². The van der Waals surface area contributed by atoms with Gasteiger partial charge in [-0.3, -0.25) is 4.99 Å². The van der Waals surface area contributed by atoms with Gasteiger partial charge in [0, 0.05) is 12.2 Å². The predicted molar refractivity (Wildman–Crippen MR) is 94.3 cm³/mol. The Morgan fingerprint density at radius 1 is 1.25 bits per heavy atom. The van der Waals surface area contributed by atoms with Crippen molar-refractivity contribution in [1.82, 2.24) is 9.21 Å². The lowest BCUT2D eigenvalue weighted by Gasteiger charge is -2.41. The van der Waals surface area contributed by atoms with Gasteiger partial charge < -0.3 is 9.64 Å². The van der Waals surface area contributed by atoms with Gasteiger partial charge in [0.2, 0.25) is 10.0 Å². The van der Waals surface area contributed by atoms with Crippen LogP contribution in [0, 0.1) is 0 Å². The molecule has 3 rings (SSSR count). The number of amidine groups is 1. The average Bonchev–Trinajstić information content (AvgIpc) is 2.54. The maximum Gasteiger partial charge on any atom is 0.233 e. The molecule has 1 atom stereocenters. The summed E-state index contributed by atoms with van der Waals surface area (Å²) in [5.41, 5.74) is 3.13. The molecule has 2 aliphatic heterocycles. The van der Waals surface area contributed by atoms with E-state index in [9.17, 15) is 8.42 Å². The maximum atomic E-state index is 12.7. The van der Waals surface area contributed by atoms with Crippen LogP contribution in [-0.2, 0) is 16.6 Å². The minimum atomic E-state index is -3.37. The smallest absolute Gasteiger partial charge is 0.233 e. The number of nitrogens with zero attached hydrogens (tertiary/aromatic N) is 3. The van der Waals surface area contributed by atoms with Crippen molar-refractivity contribution < 1.29 is 13.2 Å². The second-order valence-corrected chi connectivity index (χ2v) is 8.21. The molecule has 24 heavy (non-hydrogen) atoms. The van der Waals surface area contributed by atoms with E-state index in [1.54, 1.807) is 11.4 Å². The van der Waals surface area contributed by atoms with E-state index in [0.29, 0.717) is 13.1 Å². The average molecular weight is 349 g/mol. The van der Waals surface area contributed by atoms with Crippen LogP contribution in [0.2, 0.25) is 0 Å². The quantitative estimate of drug-likeness (QED) is 0.839. The number of benzene rings is 1. The summed E-state index contributed by atoms with van der Waals surface area (Å²) in [7, 11) is -1.76. The van der Waals surface area contributed by atoms with Crippen LogP contribution < -0.4 is 4.74 Å². The van der Waals surface area contributed by atoms with E-state index in [-0.39, 0.29) is 11.9 Å². The highest BCUT2D eigenvalue weighted by molar-refractivity contribution is 7.89. The van der Waals surface area contributed by atoms with Crippen LogP contribution in [0.3, 0.4) is 0 Å². The Balaban J connectivity index is 1.87. The molecule has 1 saturated heterocycles. The molecule has 6 nitrogen and oxygen atoms in total. The van der Waals surface area contributed by atoms with Gasteiger partial charge in [-0.2, -0.15) is 4.31 Å². The first kappa shape index (κ1) is 17.0. The number of hydrogen-bond acceptors (Lipinski definition) is 5. The van der Waals surface area contributed by atoms with Gasteiger partial charge in [0.25, 0.3) is 0 Å². The molecule has 1 aromatic rings. The molecule has 2 heterocycles. The SMILES string of the molecule is COc1ccc(CN2CC3=C(C)[C@H](C)N=C(C)N3CS2(=O)=O)cc1. The van der Waals surface area contributed by atoms with Crippen LogP contribution in [-0.4, -0.2) is 49.0 Å². The number of methoxy groups -OCH3 is 1. The van der Waals surface area contributed by atoms with E-state index in [1.165, 1.54) is 0 Å². The lowest BCUT2D eigenvalue weighted by molar-refractivity contribution is 0.350. The van der Waals surface area contributed by atoms with Crippen molar-refractivity contribution in [3.8, 4) is 5.75 Å². The van der Waals surface area contributed by atoms with Gasteiger partial charge in [0.05, 0.1) is 19.7 Å². The summed E-state index contributed by atoms with van der Waals surface area (Å²) in [6.45, 7) is 6.70. The Morgan fingerprint density at radius 3 is 2.54 bits per heavy atom. The van der Waals surface area contributed by atoms with Crippen molar-refractivity contribution in [3.63, 3.8) is 0 Å². The number of sulfonamides is 1. The normalized spacial score (nSPS) is 23.8. The first-order valence-corrected chi connectivity index (χ1v) is 9.55. The van der Waals surface area contributed by atoms with Crippen molar-refractivity contribution in [2.75, 3.05) is 19.5 Å². The second-order valence-electron chi connectivity index (χ2n) is 6.27. The van der Waals surface area contributed by atoms with Crippen LogP contribution in [0.5, 0.6) is 5.75 Å². The third-order valence-corrected chi connectivity index (χ3v) is 6.34. The van der Waals surface area contributed by atoms with E-state index in [4.69, 9.17) is 4.74 Å². The largest absolute Gasteiger partial charge is 0.497 e. The van der Waals surface area contributed by atoms with Gasteiger partial charge in [-0.05, 0) is 44.0 Å². The summed E-state index contributed by atoms with van der Waals surface area (Å²) in [6, 6.07) is 7.60. The summed E-state index contributed by atoms with van der Waals surface area (Å²) in [6.07, 6.45) is 0. The van der Waals surface area contributed by atoms with Crippen molar-refractivity contribution in [2.24, 2.45) is 4.99 Å². The number of hydrogen-bond donors (Lipinski definition) is 0. The molecule has 0 unspecified atom stereocenters. The highest BCUT2D eigenvalue weighted by Crippen LogP contribution is 2.29. The first-order valence-electron chi connectivity index (χ1n) is 7.94. The summed E-state index contributed by atoms with van der Waals surface area (Å²) in [5, 5.41) is 0. The Morgan fingerprint density at radius 2 is 1.92 bits per heavy atom. The fourth-order valence-electron chi connectivity index (χ4n) is 3.08. The molecule has 0 bridgehead atoms. The molecule has 0 amide bonds. The molecular formula is C17H23N3O3S. The molecule has 130 valence electrons. The Hall–Kier alpha value is -1.86. The van der Waals surface area contributed by atoms with E-state index >= 15 is 0 Å². The monoisotopic (exact) mass is 349 g/mol. The standard InChI is InChI=1S/C17H23N3O3S/c1-12-13(2)18-14(3)20-11-24(21,22)19(10-17(12)20)9-15-5-7-16(23-4)8-6-15/h5-8,13H,9-11H2,1-4H3/t13-/m0/s1. The molecular weight excluding hydrogens is 326 g/mol. The number of rotatable bonds is 3. The van der Waals surface area contributed by atoms with Crippen molar-refractivity contribution in [1.29, 1.82) is 0 Å². The van der Waals surface area contributed by atoms with E-state index in [1.807, 2.05) is 49.9 Å². The van der Waals surface area contributed by atoms with Crippen molar-refractivity contribution in [3.05, 3.63) is 41.1 Å². The molecule has 7 heteroatoms. The molecule has 1 fully saturated rings. The van der Waals surface area contributed by atoms with E-state index < -0.39 is 10.0 Å². The maximum absolute atomic E-state index is 12.7. The van der Waals surface area contributed by atoms with Crippen LogP contribution >= 0.6 is 0 Å². The topological polar surface area (TPSA) is 62.2 Å². The van der Waals surface area contributed by atoms with Crippen LogP contribution in [0.25, 0.3) is 0 Å². The highest BCUT2D eigenvalue weighted by Gasteiger charge is 2.37. The van der Waals surface area contributed by atoms with Gasteiger partial charge in [-0.15, -0.1) is 0 Å². The molecule has 1 aromatic carbocycles. The van der Waals surface area contributed by atoms with Gasteiger partial charge in [0.15, 0.2) is 0 Å². The molecule has 0 aliphatic carbocycles. The molecule has 0 N–H and O–H groups in total. The molecule has 0 saturated carbocycles. The summed E-state index contributed by atoms with van der Waals surface area (Å²) in [5.74, 6) is 1.49. The number of fused-ring (bicyclic) bond motifs is 1. The zero-order chi connectivity index (χ0) is 17.5. The van der Waals surface area contributed by atoms with Crippen LogP contribution in [0.4, 0.5) is 0 Å². The third kappa shape index (κ3) is 3.06. The summed E-state index contributed by atoms with van der Waals surface area (Å²) in [4.78, 5) is 6.36. The minimum absolute atomic E-state index is 0.0438. The molecule has 0 radical (unpaired) electrons. The highest BCUT2D eigenvalue weighted by atomic mass is 32.2. The van der Waals surface area contributed by atoms with Crippen molar-refractivity contribution >= 4 is 15.9 Å². The predicted octanol–water partition coefficient (Wildman–Crippen LogP) is 2.19. The second kappa shape index (κ2) is 6.22. The zero-order valence-electron chi connectivity index (χ0n) is 14.5. The minimum Gasteiger partial charge on any atom is -0.497 e. The van der Waals surface area contributed by atoms with Gasteiger partial charge >= 0.3 is 0 Å². The number of aliphatic imine (C=N–C) groups is 1. The first-order chi connectivity index (χ1) is 11.3. The van der Waals surface area contributed by atoms with Crippen molar-refractivity contribution in [2.45, 2.75) is 33.4 Å². The lowest BCUT2D eigenvalue weighted by Crippen LogP contribution is -2.51. The molecule has 0 aromatic heterocycles. The lowest BCUT2D eigenvalue weighted by atomic mass is 10.1. The Labute approximate surface area is 143 Å². The van der Waals surface area contributed by atoms with E-state index in [0.717, 1.165) is 28.4 Å². The molecule has 0 spiro atoms. The van der Waals surface area contributed by atoms with Gasteiger partial charge in [-0.1, -0.05) is 12.1 Å². The number of ether oxygens (including phenoxy) is 1. The Bertz CT molecular complexity index is 797. The summed E-state index contributed by atoms with van der Waals surface area (Å²) < 4.78 is 32.1. The van der Waals surface area contributed by atoms with E-state index in [2.05, 4.69) is 4.99 Å². The Kier molecular flexibility index (Phi) is 4.40. The van der Waals surface area contributed by atoms with Gasteiger partial charge in [-0.25, -0.2) is 8.42 Å². The fourth-order valence-corrected chi connectivity index (χ4v) is 4.57. The molecule has 2 aliphatic rings. The van der Waals surface area contributed by atoms with Gasteiger partial charge in [0.1, 0.15) is 17.5 Å². The zero-order valence-corrected chi connectivity index (χ0v) is 15.3. The fraction of sp³-hybridized carbons (Fsp3) is 0.471. The third-order valence-electron chi connectivity index (χ3n) is 4.71. The van der Waals surface area contributed by atoms with Crippen LogP contribution in [0.15, 0.2) is 40.5 Å². The summed E-state index contributed by atoms with van der Waals surface area (Å²) >= 11 is 0.